The Balaban J connectivity index is 1.82. The van der Waals surface area contributed by atoms with Gasteiger partial charge in [-0.1, -0.05) is 43.0 Å². The Morgan fingerprint density at radius 3 is 2.24 bits per heavy atom. The molecular weight excluding hydrogens is 370 g/mol. The van der Waals surface area contributed by atoms with Crippen LogP contribution in [0.3, 0.4) is 0 Å². The summed E-state index contributed by atoms with van der Waals surface area (Å²) in [6, 6.07) is 17.3. The standard InChI is InChI=1S/C23H19NO5/c1-3-21(25)24-14-15-8-10-16(11-9-15)22(26)29-20-13-18-7-5-4-6-17(18)12-19(20)23(27)28-2/h3-13H,1,14H2,2H3,(H,24,25). The Bertz CT molecular complexity index is 1090. The Morgan fingerprint density at radius 2 is 1.62 bits per heavy atom. The molecule has 0 saturated heterocycles. The molecule has 3 aromatic carbocycles. The van der Waals surface area contributed by atoms with Crippen molar-refractivity contribution in [3.05, 3.63) is 90.0 Å². The van der Waals surface area contributed by atoms with Crippen LogP contribution in [0.1, 0.15) is 26.3 Å². The van der Waals surface area contributed by atoms with Gasteiger partial charge in [-0.15, -0.1) is 0 Å². The molecule has 6 heteroatoms. The molecule has 0 aliphatic carbocycles. The fraction of sp³-hybridized carbons (Fsp3) is 0.0870. The number of rotatable bonds is 6. The van der Waals surface area contributed by atoms with E-state index < -0.39 is 11.9 Å². The van der Waals surface area contributed by atoms with Crippen molar-refractivity contribution in [2.45, 2.75) is 6.54 Å². The fourth-order valence-corrected chi connectivity index (χ4v) is 2.75. The number of carbonyl (C=O) groups is 3. The molecule has 0 aliphatic heterocycles. The third kappa shape index (κ3) is 4.68. The SMILES string of the molecule is C=CC(=O)NCc1ccc(C(=O)Oc2cc3ccccc3cc2C(=O)OC)cc1. The molecule has 0 unspecified atom stereocenters. The highest BCUT2D eigenvalue weighted by Crippen LogP contribution is 2.27. The van der Waals surface area contributed by atoms with Crippen LogP contribution in [0.25, 0.3) is 10.8 Å². The van der Waals surface area contributed by atoms with Crippen molar-refractivity contribution >= 4 is 28.6 Å². The summed E-state index contributed by atoms with van der Waals surface area (Å²) < 4.78 is 10.3. The van der Waals surface area contributed by atoms with Crippen LogP contribution < -0.4 is 10.1 Å². The van der Waals surface area contributed by atoms with Gasteiger partial charge >= 0.3 is 11.9 Å². The number of ether oxygens (including phenoxy) is 2. The van der Waals surface area contributed by atoms with Gasteiger partial charge in [0.2, 0.25) is 5.91 Å². The molecule has 1 N–H and O–H groups in total. The van der Waals surface area contributed by atoms with Crippen LogP contribution in [0, 0.1) is 0 Å². The first kappa shape index (κ1) is 19.8. The van der Waals surface area contributed by atoms with E-state index in [9.17, 15) is 14.4 Å². The molecule has 0 fully saturated rings. The van der Waals surface area contributed by atoms with Crippen LogP contribution in [0.2, 0.25) is 0 Å². The van der Waals surface area contributed by atoms with Crippen molar-refractivity contribution in [3.63, 3.8) is 0 Å². The zero-order valence-corrected chi connectivity index (χ0v) is 15.8. The normalized spacial score (nSPS) is 10.2. The van der Waals surface area contributed by atoms with E-state index in [1.54, 1.807) is 36.4 Å². The summed E-state index contributed by atoms with van der Waals surface area (Å²) in [6.45, 7) is 3.71. The average molecular weight is 389 g/mol. The molecule has 0 atom stereocenters. The Hall–Kier alpha value is -3.93. The molecule has 146 valence electrons. The first-order chi connectivity index (χ1) is 14.0. The zero-order chi connectivity index (χ0) is 20.8. The van der Waals surface area contributed by atoms with Gasteiger partial charge in [0.25, 0.3) is 0 Å². The quantitative estimate of drug-likeness (QED) is 0.395. The number of benzene rings is 3. The van der Waals surface area contributed by atoms with Gasteiger partial charge in [-0.05, 0) is 46.7 Å². The minimum atomic E-state index is -0.605. The zero-order valence-electron chi connectivity index (χ0n) is 15.8. The molecular formula is C23H19NO5. The molecule has 0 radical (unpaired) electrons. The highest BCUT2D eigenvalue weighted by atomic mass is 16.5. The van der Waals surface area contributed by atoms with Crippen LogP contribution in [0.4, 0.5) is 0 Å². The second kappa shape index (κ2) is 8.84. The predicted octanol–water partition coefficient (Wildman–Crippen LogP) is 3.65. The molecule has 29 heavy (non-hydrogen) atoms. The first-order valence-electron chi connectivity index (χ1n) is 8.84. The molecule has 3 rings (SSSR count). The van der Waals surface area contributed by atoms with Gasteiger partial charge in [0.1, 0.15) is 11.3 Å². The number of methoxy groups -OCH3 is 1. The van der Waals surface area contributed by atoms with Crippen molar-refractivity contribution in [2.24, 2.45) is 0 Å². The second-order valence-electron chi connectivity index (χ2n) is 6.20. The highest BCUT2D eigenvalue weighted by molar-refractivity contribution is 6.00. The third-order valence-corrected chi connectivity index (χ3v) is 4.30. The largest absolute Gasteiger partial charge is 0.465 e. The van der Waals surface area contributed by atoms with Crippen LogP contribution in [-0.2, 0) is 16.1 Å². The van der Waals surface area contributed by atoms with Crippen molar-refractivity contribution in [2.75, 3.05) is 7.11 Å². The number of fused-ring (bicyclic) bond motifs is 1. The van der Waals surface area contributed by atoms with E-state index in [4.69, 9.17) is 9.47 Å². The summed E-state index contributed by atoms with van der Waals surface area (Å²) in [7, 11) is 1.27. The summed E-state index contributed by atoms with van der Waals surface area (Å²) in [5.74, 6) is -1.35. The Kier molecular flexibility index (Phi) is 6.04. The van der Waals surface area contributed by atoms with Crippen molar-refractivity contribution in [1.82, 2.24) is 5.32 Å². The van der Waals surface area contributed by atoms with E-state index in [2.05, 4.69) is 11.9 Å². The van der Waals surface area contributed by atoms with Crippen molar-refractivity contribution in [1.29, 1.82) is 0 Å². The third-order valence-electron chi connectivity index (χ3n) is 4.30. The lowest BCUT2D eigenvalue weighted by atomic mass is 10.1. The second-order valence-corrected chi connectivity index (χ2v) is 6.20. The molecule has 3 aromatic rings. The summed E-state index contributed by atoms with van der Waals surface area (Å²) >= 11 is 0. The van der Waals surface area contributed by atoms with E-state index >= 15 is 0 Å². The number of hydrogen-bond acceptors (Lipinski definition) is 5. The molecule has 0 aliphatic rings. The monoisotopic (exact) mass is 389 g/mol. The average Bonchev–Trinajstić information content (AvgIpc) is 2.76. The predicted molar refractivity (Wildman–Crippen MR) is 109 cm³/mol. The summed E-state index contributed by atoms with van der Waals surface area (Å²) in [4.78, 5) is 35.9. The van der Waals surface area contributed by atoms with Crippen LogP contribution in [0.15, 0.2) is 73.3 Å². The number of nitrogens with one attached hydrogen (secondary N) is 1. The lowest BCUT2D eigenvalue weighted by molar-refractivity contribution is -0.116. The van der Waals surface area contributed by atoms with Crippen molar-refractivity contribution < 1.29 is 23.9 Å². The lowest BCUT2D eigenvalue weighted by Crippen LogP contribution is -2.20. The van der Waals surface area contributed by atoms with Crippen molar-refractivity contribution in [3.8, 4) is 5.75 Å². The Labute approximate surface area is 167 Å². The van der Waals surface area contributed by atoms with E-state index in [0.29, 0.717) is 12.1 Å². The molecule has 0 spiro atoms. The lowest BCUT2D eigenvalue weighted by Gasteiger charge is -2.11. The summed E-state index contributed by atoms with van der Waals surface area (Å²) in [6.07, 6.45) is 1.19. The van der Waals surface area contributed by atoms with Gasteiger partial charge in [0, 0.05) is 6.54 Å². The Morgan fingerprint density at radius 1 is 0.966 bits per heavy atom. The topological polar surface area (TPSA) is 81.7 Å². The van der Waals surface area contributed by atoms with Gasteiger partial charge in [0.05, 0.1) is 12.7 Å². The number of amides is 1. The smallest absolute Gasteiger partial charge is 0.343 e. The molecule has 0 saturated carbocycles. The summed E-state index contributed by atoms with van der Waals surface area (Å²) in [5.41, 5.74) is 1.30. The van der Waals surface area contributed by atoms with Gasteiger partial charge in [0.15, 0.2) is 0 Å². The van der Waals surface area contributed by atoms with Crippen LogP contribution in [0.5, 0.6) is 5.75 Å². The van der Waals surface area contributed by atoms with E-state index in [1.165, 1.54) is 13.2 Å². The van der Waals surface area contributed by atoms with Gasteiger partial charge in [-0.2, -0.15) is 0 Å². The van der Waals surface area contributed by atoms with E-state index in [0.717, 1.165) is 16.3 Å². The molecule has 0 aromatic heterocycles. The van der Waals surface area contributed by atoms with Gasteiger partial charge in [-0.25, -0.2) is 9.59 Å². The molecule has 0 heterocycles. The fourth-order valence-electron chi connectivity index (χ4n) is 2.75. The number of hydrogen-bond donors (Lipinski definition) is 1. The summed E-state index contributed by atoms with van der Waals surface area (Å²) in [5, 5.41) is 4.32. The minimum absolute atomic E-state index is 0.128. The highest BCUT2D eigenvalue weighted by Gasteiger charge is 2.18. The molecule has 1 amide bonds. The minimum Gasteiger partial charge on any atom is -0.465 e. The maximum Gasteiger partial charge on any atom is 0.343 e. The van der Waals surface area contributed by atoms with E-state index in [-0.39, 0.29) is 17.2 Å². The molecule has 0 bridgehead atoms. The number of carbonyl (C=O) groups excluding carboxylic acids is 3. The maximum absolute atomic E-state index is 12.6. The van der Waals surface area contributed by atoms with Crippen LogP contribution in [-0.4, -0.2) is 25.0 Å². The first-order valence-corrected chi connectivity index (χ1v) is 8.84. The van der Waals surface area contributed by atoms with Gasteiger partial charge in [-0.3, -0.25) is 4.79 Å². The van der Waals surface area contributed by atoms with Gasteiger partial charge < -0.3 is 14.8 Å². The maximum atomic E-state index is 12.6. The number of esters is 2. The van der Waals surface area contributed by atoms with E-state index in [1.807, 2.05) is 24.3 Å². The molecule has 6 nitrogen and oxygen atoms in total. The van der Waals surface area contributed by atoms with Crippen LogP contribution >= 0.6 is 0 Å².